The van der Waals surface area contributed by atoms with Crippen LogP contribution in [-0.2, 0) is 5.41 Å². The first-order valence-electron chi connectivity index (χ1n) is 22.1. The van der Waals surface area contributed by atoms with E-state index in [1.54, 1.807) is 0 Å². The van der Waals surface area contributed by atoms with Gasteiger partial charge in [0, 0.05) is 41.1 Å². The molecular formula is C57H48N5+. The first-order chi connectivity index (χ1) is 30.6. The molecule has 0 spiro atoms. The first-order valence-corrected chi connectivity index (χ1v) is 22.1. The van der Waals surface area contributed by atoms with Crippen LogP contribution in [0.15, 0.2) is 194 Å². The Morgan fingerprint density at radius 3 is 1.55 bits per heavy atom. The maximum atomic E-state index is 5.35. The van der Waals surface area contributed by atoms with Crippen LogP contribution in [0.2, 0.25) is 0 Å². The number of fused-ring (bicyclic) bond motifs is 5. The van der Waals surface area contributed by atoms with E-state index in [-0.39, 0.29) is 5.41 Å². The zero-order valence-electron chi connectivity index (χ0n) is 35.4. The van der Waals surface area contributed by atoms with Crippen molar-refractivity contribution in [2.45, 2.75) is 51.5 Å². The van der Waals surface area contributed by atoms with Gasteiger partial charge in [0.2, 0.25) is 5.69 Å². The summed E-state index contributed by atoms with van der Waals surface area (Å²) in [4.78, 5) is 10.7. The van der Waals surface area contributed by atoms with Crippen LogP contribution in [0.3, 0.4) is 0 Å². The lowest BCUT2D eigenvalue weighted by Crippen LogP contribution is -2.55. The van der Waals surface area contributed by atoms with Gasteiger partial charge >= 0.3 is 0 Å². The highest BCUT2D eigenvalue weighted by atomic mass is 15.1. The zero-order valence-corrected chi connectivity index (χ0v) is 35.4. The Bertz CT molecular complexity index is 3130. The molecule has 0 saturated carbocycles. The Morgan fingerprint density at radius 2 is 0.968 bits per heavy atom. The molecule has 1 atom stereocenters. The predicted octanol–water partition coefficient (Wildman–Crippen LogP) is 14.0. The molecule has 0 amide bonds. The van der Waals surface area contributed by atoms with E-state index in [0.717, 1.165) is 86.6 Å². The van der Waals surface area contributed by atoms with Crippen LogP contribution >= 0.6 is 0 Å². The Kier molecular flexibility index (Phi) is 9.26. The number of hydrogen-bond donors (Lipinski definition) is 0. The summed E-state index contributed by atoms with van der Waals surface area (Å²) in [6.07, 6.45) is 5.58. The van der Waals surface area contributed by atoms with Gasteiger partial charge in [-0.15, -0.1) is 0 Å². The van der Waals surface area contributed by atoms with Gasteiger partial charge in [0.15, 0.2) is 12.2 Å². The molecule has 300 valence electrons. The maximum absolute atomic E-state index is 5.35. The number of pyridine rings is 1. The van der Waals surface area contributed by atoms with E-state index in [0.29, 0.717) is 6.04 Å². The van der Waals surface area contributed by atoms with E-state index in [1.165, 1.54) is 27.9 Å². The molecule has 0 aliphatic carbocycles. The van der Waals surface area contributed by atoms with Crippen LogP contribution in [0, 0.1) is 0 Å². The Morgan fingerprint density at radius 1 is 0.468 bits per heavy atom. The van der Waals surface area contributed by atoms with Crippen LogP contribution in [0.25, 0.3) is 89.7 Å². The summed E-state index contributed by atoms with van der Waals surface area (Å²) in [5, 5.41) is 0. The van der Waals surface area contributed by atoms with E-state index in [9.17, 15) is 0 Å². The molecule has 11 rings (SSSR count). The fraction of sp³-hybridized carbons (Fsp3) is 0.140. The Hall–Kier alpha value is -7.37. The van der Waals surface area contributed by atoms with Gasteiger partial charge in [-0.25, -0.2) is 9.97 Å². The van der Waals surface area contributed by atoms with Gasteiger partial charge < -0.3 is 0 Å². The number of hydrogen-bond acceptors (Lipinski definition) is 2. The molecule has 10 aromatic rings. The second kappa shape index (κ2) is 15.3. The number of aromatic nitrogens is 5. The number of benzene rings is 7. The molecule has 0 saturated heterocycles. The summed E-state index contributed by atoms with van der Waals surface area (Å²) >= 11 is 0. The summed E-state index contributed by atoms with van der Waals surface area (Å²) in [5.41, 5.74) is 17.0. The fourth-order valence-electron chi connectivity index (χ4n) is 10.5. The molecule has 5 heteroatoms. The van der Waals surface area contributed by atoms with Crippen molar-refractivity contribution >= 4 is 22.1 Å². The van der Waals surface area contributed by atoms with Gasteiger partial charge in [0.1, 0.15) is 11.6 Å². The Labute approximate surface area is 363 Å². The lowest BCUT2D eigenvalue weighted by atomic mass is 9.65. The van der Waals surface area contributed by atoms with Gasteiger partial charge in [0.05, 0.1) is 33.0 Å². The molecule has 0 fully saturated rings. The van der Waals surface area contributed by atoms with Crippen LogP contribution in [0.4, 0.5) is 0 Å². The van der Waals surface area contributed by atoms with Gasteiger partial charge in [-0.05, 0) is 126 Å². The second-order valence-corrected chi connectivity index (χ2v) is 16.6. The first kappa shape index (κ1) is 37.6. The smallest absolute Gasteiger partial charge is 0.213 e. The van der Waals surface area contributed by atoms with Crippen LogP contribution in [-0.4, -0.2) is 19.1 Å². The minimum atomic E-state index is 0.0762. The molecule has 4 heterocycles. The minimum Gasteiger partial charge on any atom is -0.292 e. The molecule has 0 radical (unpaired) electrons. The zero-order chi connectivity index (χ0) is 41.8. The van der Waals surface area contributed by atoms with Crippen molar-refractivity contribution < 1.29 is 4.57 Å². The van der Waals surface area contributed by atoms with Crippen molar-refractivity contribution in [3.8, 4) is 67.7 Å². The molecule has 3 aromatic heterocycles. The van der Waals surface area contributed by atoms with Crippen molar-refractivity contribution in [2.75, 3.05) is 0 Å². The highest BCUT2D eigenvalue weighted by molar-refractivity contribution is 5.89. The average molecular weight is 803 g/mol. The van der Waals surface area contributed by atoms with Crippen molar-refractivity contribution in [2.24, 2.45) is 0 Å². The van der Waals surface area contributed by atoms with Crippen LogP contribution < -0.4 is 4.57 Å². The third-order valence-corrected chi connectivity index (χ3v) is 13.5. The highest BCUT2D eigenvalue weighted by Gasteiger charge is 2.49. The van der Waals surface area contributed by atoms with Crippen molar-refractivity contribution in [1.82, 2.24) is 19.1 Å². The summed E-state index contributed by atoms with van der Waals surface area (Å²) in [6, 6.07) is 68.2. The summed E-state index contributed by atoms with van der Waals surface area (Å²) in [6.45, 7) is 7.08. The molecule has 5 nitrogen and oxygen atoms in total. The lowest BCUT2D eigenvalue weighted by Gasteiger charge is -2.41. The summed E-state index contributed by atoms with van der Waals surface area (Å²) in [7, 11) is 0. The number of rotatable bonds is 9. The summed E-state index contributed by atoms with van der Waals surface area (Å²) in [5.74, 6) is 1.76. The normalized spacial score (nSPS) is 14.2. The monoisotopic (exact) mass is 802 g/mol. The molecule has 1 unspecified atom stereocenters. The third-order valence-electron chi connectivity index (χ3n) is 13.5. The van der Waals surface area contributed by atoms with E-state index in [4.69, 9.17) is 9.97 Å². The van der Waals surface area contributed by atoms with Crippen LogP contribution in [0.5, 0.6) is 0 Å². The highest BCUT2D eigenvalue weighted by Crippen LogP contribution is 2.49. The van der Waals surface area contributed by atoms with Gasteiger partial charge in [-0.1, -0.05) is 112 Å². The van der Waals surface area contributed by atoms with E-state index in [1.807, 2.05) is 0 Å². The van der Waals surface area contributed by atoms with E-state index in [2.05, 4.69) is 229 Å². The number of para-hydroxylation sites is 6. The average Bonchev–Trinajstić information content (AvgIpc) is 3.94. The lowest BCUT2D eigenvalue weighted by molar-refractivity contribution is -0.725. The largest absolute Gasteiger partial charge is 0.292 e. The fourth-order valence-corrected chi connectivity index (χ4v) is 10.5. The third kappa shape index (κ3) is 6.02. The van der Waals surface area contributed by atoms with Crippen molar-refractivity contribution in [3.63, 3.8) is 0 Å². The molecule has 0 N–H and O–H groups in total. The summed E-state index contributed by atoms with van der Waals surface area (Å²) < 4.78 is 7.12. The van der Waals surface area contributed by atoms with Crippen molar-refractivity contribution in [1.29, 1.82) is 0 Å². The molecular weight excluding hydrogens is 755 g/mol. The second-order valence-electron chi connectivity index (χ2n) is 16.6. The standard InChI is InChI=1S/C57H48N5/c1-4-54-57(5-2,6-3)48-32-31-41(38-47(48)51-28-17-18-33-60(51)54)39-20-19-21-40(34-39)42-35-43(55-58-49-26-13-15-29-52(49)61(55)45-22-9-7-10-23-45)37-44(36-42)56-59-50-27-14-16-30-53(50)62(56)46-24-11-8-12-25-46/h7-38,54H,4-6H2,1-3H3/q+1. The molecule has 1 aliphatic heterocycles. The van der Waals surface area contributed by atoms with E-state index >= 15 is 0 Å². The van der Waals surface area contributed by atoms with E-state index < -0.39 is 0 Å². The maximum Gasteiger partial charge on any atom is 0.213 e. The Balaban J connectivity index is 1.12. The quantitative estimate of drug-likeness (QED) is 0.136. The number of nitrogens with zero attached hydrogens (tertiary/aromatic N) is 5. The van der Waals surface area contributed by atoms with Crippen LogP contribution in [0.1, 0.15) is 51.6 Å². The van der Waals surface area contributed by atoms with Crippen molar-refractivity contribution in [3.05, 3.63) is 200 Å². The SMILES string of the molecule is CCC1[n+]2ccccc2-c2cc(-c3cccc(-c4cc(-c5nc6ccccc6n5-c5ccccc5)cc(-c5nc6ccccc6n5-c5ccccc5)c4)c3)ccc2C1(CC)CC. The van der Waals surface area contributed by atoms with Gasteiger partial charge in [-0.3, -0.25) is 9.13 Å². The molecule has 7 aromatic carbocycles. The van der Waals surface area contributed by atoms with Gasteiger partial charge in [0.25, 0.3) is 0 Å². The van der Waals surface area contributed by atoms with Gasteiger partial charge in [-0.2, -0.15) is 4.57 Å². The number of imidazole rings is 2. The molecule has 62 heavy (non-hydrogen) atoms. The predicted molar refractivity (Wildman–Crippen MR) is 255 cm³/mol. The topological polar surface area (TPSA) is 39.5 Å². The minimum absolute atomic E-state index is 0.0762. The molecule has 0 bridgehead atoms. The molecule has 1 aliphatic rings.